The minimum Gasteiger partial charge on any atom is -0.309 e. The van der Waals surface area contributed by atoms with E-state index in [0.29, 0.717) is 0 Å². The molecule has 0 saturated heterocycles. The smallest absolute Gasteiger partial charge is 0.0534 e. The van der Waals surface area contributed by atoms with Gasteiger partial charge in [-0.15, -0.1) is 0 Å². The van der Waals surface area contributed by atoms with Gasteiger partial charge in [-0.25, -0.2) is 0 Å². The average Bonchev–Trinajstić information content (AvgIpc) is 2.66. The Kier molecular flexibility index (Phi) is 3.15. The molecule has 0 aliphatic rings. The Morgan fingerprint density at radius 1 is 1.13 bits per heavy atom. The summed E-state index contributed by atoms with van der Waals surface area (Å²) in [7, 11) is 1.93. The molecule has 0 amide bonds. The molecule has 0 aliphatic heterocycles. The SMILES string of the molecule is Cn1cc(CNCc2ccccc2)cn1. The van der Waals surface area contributed by atoms with Crippen LogP contribution >= 0.6 is 0 Å². The van der Waals surface area contributed by atoms with Crippen molar-refractivity contribution in [1.82, 2.24) is 15.1 Å². The van der Waals surface area contributed by atoms with Gasteiger partial charge in [-0.1, -0.05) is 30.3 Å². The van der Waals surface area contributed by atoms with E-state index < -0.39 is 0 Å². The third-order valence-corrected chi connectivity index (χ3v) is 2.26. The minimum absolute atomic E-state index is 0.864. The van der Waals surface area contributed by atoms with Gasteiger partial charge in [0.25, 0.3) is 0 Å². The molecule has 0 atom stereocenters. The molecule has 0 aliphatic carbocycles. The monoisotopic (exact) mass is 201 g/mol. The highest BCUT2D eigenvalue weighted by Crippen LogP contribution is 1.99. The zero-order chi connectivity index (χ0) is 10.5. The lowest BCUT2D eigenvalue weighted by molar-refractivity contribution is 0.692. The Labute approximate surface area is 89.7 Å². The molecule has 0 saturated carbocycles. The zero-order valence-electron chi connectivity index (χ0n) is 8.85. The molecule has 1 aromatic heterocycles. The quantitative estimate of drug-likeness (QED) is 0.816. The molecule has 2 aromatic rings. The Balaban J connectivity index is 1.80. The second kappa shape index (κ2) is 4.75. The molecule has 1 N–H and O–H groups in total. The number of aryl methyl sites for hydroxylation is 1. The van der Waals surface area contributed by atoms with Crippen LogP contribution in [0.3, 0.4) is 0 Å². The minimum atomic E-state index is 0.864. The Hall–Kier alpha value is -1.61. The summed E-state index contributed by atoms with van der Waals surface area (Å²) in [5.74, 6) is 0. The predicted octanol–water partition coefficient (Wildman–Crippen LogP) is 1.71. The predicted molar refractivity (Wildman–Crippen MR) is 60.2 cm³/mol. The molecule has 2 rings (SSSR count). The summed E-state index contributed by atoms with van der Waals surface area (Å²) in [5.41, 5.74) is 2.52. The van der Waals surface area contributed by atoms with E-state index in [1.807, 2.05) is 30.2 Å². The van der Waals surface area contributed by atoms with Crippen molar-refractivity contribution in [3.63, 3.8) is 0 Å². The van der Waals surface area contributed by atoms with Crippen molar-refractivity contribution in [2.75, 3.05) is 0 Å². The Morgan fingerprint density at radius 2 is 1.87 bits per heavy atom. The topological polar surface area (TPSA) is 29.9 Å². The summed E-state index contributed by atoms with van der Waals surface area (Å²) >= 11 is 0. The Bertz CT molecular complexity index is 406. The number of rotatable bonds is 4. The molecule has 3 nitrogen and oxygen atoms in total. The van der Waals surface area contributed by atoms with Crippen LogP contribution in [0.2, 0.25) is 0 Å². The second-order valence-corrected chi connectivity index (χ2v) is 3.61. The van der Waals surface area contributed by atoms with Gasteiger partial charge in [-0.2, -0.15) is 5.10 Å². The lowest BCUT2D eigenvalue weighted by atomic mass is 10.2. The first kappa shape index (κ1) is 9.93. The highest BCUT2D eigenvalue weighted by molar-refractivity contribution is 5.14. The molecule has 0 unspecified atom stereocenters. The van der Waals surface area contributed by atoms with Crippen molar-refractivity contribution < 1.29 is 0 Å². The first-order chi connectivity index (χ1) is 7.34. The summed E-state index contributed by atoms with van der Waals surface area (Å²) in [6, 6.07) is 10.4. The van der Waals surface area contributed by atoms with Gasteiger partial charge in [0.1, 0.15) is 0 Å². The summed E-state index contributed by atoms with van der Waals surface area (Å²) in [6.45, 7) is 1.76. The van der Waals surface area contributed by atoms with E-state index in [9.17, 15) is 0 Å². The van der Waals surface area contributed by atoms with Crippen molar-refractivity contribution in [2.45, 2.75) is 13.1 Å². The number of hydrogen-bond donors (Lipinski definition) is 1. The highest BCUT2D eigenvalue weighted by Gasteiger charge is 1.95. The van der Waals surface area contributed by atoms with Crippen LogP contribution in [-0.2, 0) is 20.1 Å². The van der Waals surface area contributed by atoms with Crippen molar-refractivity contribution >= 4 is 0 Å². The fourth-order valence-corrected chi connectivity index (χ4v) is 1.51. The maximum absolute atomic E-state index is 4.12. The summed E-state index contributed by atoms with van der Waals surface area (Å²) < 4.78 is 1.82. The van der Waals surface area contributed by atoms with Gasteiger partial charge in [0.05, 0.1) is 6.20 Å². The van der Waals surface area contributed by atoms with Crippen LogP contribution in [0.15, 0.2) is 42.7 Å². The zero-order valence-corrected chi connectivity index (χ0v) is 8.85. The number of aromatic nitrogens is 2. The summed E-state index contributed by atoms with van der Waals surface area (Å²) in [4.78, 5) is 0. The van der Waals surface area contributed by atoms with Crippen LogP contribution in [-0.4, -0.2) is 9.78 Å². The second-order valence-electron chi connectivity index (χ2n) is 3.61. The maximum Gasteiger partial charge on any atom is 0.0534 e. The van der Waals surface area contributed by atoms with Gasteiger partial charge < -0.3 is 5.32 Å². The number of hydrogen-bond acceptors (Lipinski definition) is 2. The van der Waals surface area contributed by atoms with Gasteiger partial charge in [0, 0.05) is 31.9 Å². The number of nitrogens with one attached hydrogen (secondary N) is 1. The lowest BCUT2D eigenvalue weighted by Crippen LogP contribution is -2.11. The van der Waals surface area contributed by atoms with Gasteiger partial charge in [-0.3, -0.25) is 4.68 Å². The largest absolute Gasteiger partial charge is 0.309 e. The van der Waals surface area contributed by atoms with Crippen molar-refractivity contribution in [1.29, 1.82) is 0 Å². The van der Waals surface area contributed by atoms with E-state index in [1.165, 1.54) is 11.1 Å². The first-order valence-electron chi connectivity index (χ1n) is 5.07. The fourth-order valence-electron chi connectivity index (χ4n) is 1.51. The highest BCUT2D eigenvalue weighted by atomic mass is 15.2. The van der Waals surface area contributed by atoms with Crippen molar-refractivity contribution in [3.8, 4) is 0 Å². The molecule has 0 radical (unpaired) electrons. The van der Waals surface area contributed by atoms with Crippen molar-refractivity contribution in [3.05, 3.63) is 53.9 Å². The van der Waals surface area contributed by atoms with Crippen LogP contribution in [0.4, 0.5) is 0 Å². The molecule has 78 valence electrons. The van der Waals surface area contributed by atoms with E-state index in [2.05, 4.69) is 34.7 Å². The van der Waals surface area contributed by atoms with E-state index in [1.54, 1.807) is 0 Å². The third-order valence-electron chi connectivity index (χ3n) is 2.26. The van der Waals surface area contributed by atoms with Crippen LogP contribution in [0.25, 0.3) is 0 Å². The lowest BCUT2D eigenvalue weighted by Gasteiger charge is -2.02. The maximum atomic E-state index is 4.12. The molecular weight excluding hydrogens is 186 g/mol. The van der Waals surface area contributed by atoms with Gasteiger partial charge in [0.15, 0.2) is 0 Å². The molecule has 0 bridgehead atoms. The van der Waals surface area contributed by atoms with Gasteiger partial charge in [-0.05, 0) is 5.56 Å². The molecule has 0 spiro atoms. The number of nitrogens with zero attached hydrogens (tertiary/aromatic N) is 2. The summed E-state index contributed by atoms with van der Waals surface area (Å²) in [6.07, 6.45) is 3.91. The Morgan fingerprint density at radius 3 is 2.53 bits per heavy atom. The van der Waals surface area contributed by atoms with Gasteiger partial charge >= 0.3 is 0 Å². The third kappa shape index (κ3) is 2.92. The van der Waals surface area contributed by atoms with E-state index in [0.717, 1.165) is 13.1 Å². The van der Waals surface area contributed by atoms with Crippen molar-refractivity contribution in [2.24, 2.45) is 7.05 Å². The summed E-state index contributed by atoms with van der Waals surface area (Å²) in [5, 5.41) is 7.50. The molecule has 3 heteroatoms. The average molecular weight is 201 g/mol. The molecule has 0 fully saturated rings. The van der Waals surface area contributed by atoms with Crippen LogP contribution in [0.5, 0.6) is 0 Å². The molecule has 1 heterocycles. The van der Waals surface area contributed by atoms with Crippen LogP contribution in [0, 0.1) is 0 Å². The molecule has 15 heavy (non-hydrogen) atoms. The standard InChI is InChI=1S/C12H15N3/c1-15-10-12(9-14-15)8-13-7-11-5-3-2-4-6-11/h2-6,9-10,13H,7-8H2,1H3. The number of benzene rings is 1. The van der Waals surface area contributed by atoms with Gasteiger partial charge in [0.2, 0.25) is 0 Å². The van der Waals surface area contributed by atoms with E-state index >= 15 is 0 Å². The van der Waals surface area contributed by atoms with E-state index in [4.69, 9.17) is 0 Å². The fraction of sp³-hybridized carbons (Fsp3) is 0.250. The van der Waals surface area contributed by atoms with Crippen LogP contribution in [0.1, 0.15) is 11.1 Å². The molecular formula is C12H15N3. The molecule has 1 aromatic carbocycles. The first-order valence-corrected chi connectivity index (χ1v) is 5.07. The van der Waals surface area contributed by atoms with E-state index in [-0.39, 0.29) is 0 Å². The van der Waals surface area contributed by atoms with Crippen LogP contribution < -0.4 is 5.32 Å². The normalized spacial score (nSPS) is 10.5.